The van der Waals surface area contributed by atoms with Crippen molar-refractivity contribution in [3.8, 4) is 5.95 Å². The lowest BCUT2D eigenvalue weighted by Gasteiger charge is -2.06. The summed E-state index contributed by atoms with van der Waals surface area (Å²) in [5.74, 6) is 0.0457. The molecule has 0 amide bonds. The van der Waals surface area contributed by atoms with Gasteiger partial charge in [0.2, 0.25) is 5.95 Å². The van der Waals surface area contributed by atoms with E-state index in [-0.39, 0.29) is 27.8 Å². The van der Waals surface area contributed by atoms with Crippen LogP contribution in [0.5, 0.6) is 0 Å². The third-order valence-corrected chi connectivity index (χ3v) is 5.23. The Kier molecular flexibility index (Phi) is 5.80. The average molecular weight is 432 g/mol. The minimum Gasteiger partial charge on any atom is -0.291 e. The smallest absolute Gasteiger partial charge is 0.291 e. The molecule has 3 rings (SSSR count). The molecule has 0 radical (unpaired) electrons. The summed E-state index contributed by atoms with van der Waals surface area (Å²) in [5.41, 5.74) is 0.933. The molecule has 0 atom stereocenters. The first-order valence-corrected chi connectivity index (χ1v) is 10.5. The number of hydrogen-bond acceptors (Lipinski definition) is 7. The molecule has 0 fully saturated rings. The van der Waals surface area contributed by atoms with E-state index in [0.29, 0.717) is 23.4 Å². The highest BCUT2D eigenvalue weighted by Gasteiger charge is 2.16. The van der Waals surface area contributed by atoms with E-state index in [1.807, 2.05) is 6.92 Å². The van der Waals surface area contributed by atoms with Gasteiger partial charge in [-0.05, 0) is 44.5 Å². The molecular formula is C18H20N6O5S. The van der Waals surface area contributed by atoms with Crippen LogP contribution in [-0.4, -0.2) is 32.7 Å². The lowest BCUT2D eigenvalue weighted by atomic mass is 10.1. The van der Waals surface area contributed by atoms with Gasteiger partial charge in [0.05, 0.1) is 22.0 Å². The number of nitrogens with zero attached hydrogens (tertiary/aromatic N) is 4. The van der Waals surface area contributed by atoms with Gasteiger partial charge in [0.15, 0.2) is 5.69 Å². The van der Waals surface area contributed by atoms with Gasteiger partial charge in [0.1, 0.15) is 0 Å². The van der Waals surface area contributed by atoms with Crippen molar-refractivity contribution < 1.29 is 13.0 Å². The molecule has 3 N–H and O–H groups in total. The molecule has 0 unspecified atom stereocenters. The molecule has 0 bridgehead atoms. The minimum absolute atomic E-state index is 0.00629. The topological polar surface area (TPSA) is 163 Å². The summed E-state index contributed by atoms with van der Waals surface area (Å²) in [6.07, 6.45) is 1.38. The van der Waals surface area contributed by atoms with Crippen LogP contribution < -0.4 is 11.1 Å². The van der Waals surface area contributed by atoms with Crippen LogP contribution in [0.3, 0.4) is 0 Å². The second kappa shape index (κ2) is 8.16. The van der Waals surface area contributed by atoms with Crippen LogP contribution in [0.15, 0.2) is 49.0 Å². The van der Waals surface area contributed by atoms with E-state index >= 15 is 0 Å². The average Bonchev–Trinajstić information content (AvgIpc) is 2.96. The molecule has 12 heteroatoms. The molecule has 3 aromatic rings. The van der Waals surface area contributed by atoms with E-state index in [9.17, 15) is 18.0 Å². The fourth-order valence-corrected chi connectivity index (χ4v) is 3.32. The molecule has 2 aromatic heterocycles. The van der Waals surface area contributed by atoms with Crippen LogP contribution >= 0.6 is 0 Å². The molecule has 30 heavy (non-hydrogen) atoms. The highest BCUT2D eigenvalue weighted by Crippen LogP contribution is 2.20. The van der Waals surface area contributed by atoms with Gasteiger partial charge in [0.25, 0.3) is 15.7 Å². The summed E-state index contributed by atoms with van der Waals surface area (Å²) in [4.78, 5) is 31.7. The van der Waals surface area contributed by atoms with E-state index < -0.39 is 15.7 Å². The van der Waals surface area contributed by atoms with Crippen molar-refractivity contribution in [1.29, 1.82) is 0 Å². The summed E-state index contributed by atoms with van der Waals surface area (Å²) < 4.78 is 32.2. The summed E-state index contributed by atoms with van der Waals surface area (Å²) in [5, 5.41) is 10.7. The third-order valence-electron chi connectivity index (χ3n) is 4.36. The van der Waals surface area contributed by atoms with Crippen molar-refractivity contribution >= 4 is 21.5 Å². The minimum atomic E-state index is -4.31. The van der Waals surface area contributed by atoms with Gasteiger partial charge >= 0.3 is 5.56 Å². The summed E-state index contributed by atoms with van der Waals surface area (Å²) in [6, 6.07) is 5.01. The van der Waals surface area contributed by atoms with Crippen molar-refractivity contribution in [2.75, 3.05) is 0 Å². The standard InChI is InChI=1S/C18H20N6O5S/c1-4-5-14-10(2)19-18(20-16(14)25)24-17(26)15(11(3)23-24)22-21-12-6-8-13(9-7-12)30(27,28)29/h6-9,23H,4-5H2,1-3H3,(H,19,20,25)(H,27,28,29). The normalized spacial score (nSPS) is 12.0. The van der Waals surface area contributed by atoms with Crippen molar-refractivity contribution in [1.82, 2.24) is 19.7 Å². The highest BCUT2D eigenvalue weighted by atomic mass is 32.2. The first kappa shape index (κ1) is 21.3. The van der Waals surface area contributed by atoms with E-state index in [4.69, 9.17) is 4.55 Å². The fraction of sp³-hybridized carbons (Fsp3) is 0.278. The van der Waals surface area contributed by atoms with Crippen molar-refractivity contribution in [3.05, 3.63) is 61.9 Å². The Morgan fingerprint density at radius 2 is 1.80 bits per heavy atom. The monoisotopic (exact) mass is 432 g/mol. The Morgan fingerprint density at radius 3 is 2.37 bits per heavy atom. The van der Waals surface area contributed by atoms with Crippen LogP contribution in [0.4, 0.5) is 11.4 Å². The number of aromatic nitrogens is 4. The Bertz CT molecular complexity index is 1330. The van der Waals surface area contributed by atoms with Gasteiger partial charge < -0.3 is 0 Å². The second-order valence-corrected chi connectivity index (χ2v) is 8.02. The highest BCUT2D eigenvalue weighted by molar-refractivity contribution is 7.85. The first-order chi connectivity index (χ1) is 14.1. The molecule has 0 aliphatic heterocycles. The number of aryl methyl sites for hydroxylation is 2. The van der Waals surface area contributed by atoms with E-state index in [0.717, 1.165) is 11.1 Å². The lowest BCUT2D eigenvalue weighted by molar-refractivity contribution is 0.483. The predicted molar refractivity (Wildman–Crippen MR) is 109 cm³/mol. The molecule has 158 valence electrons. The number of hydrogen-bond donors (Lipinski definition) is 3. The largest absolute Gasteiger partial charge is 0.301 e. The molecule has 0 saturated carbocycles. The zero-order valence-electron chi connectivity index (χ0n) is 16.5. The summed E-state index contributed by atoms with van der Waals surface area (Å²) in [6.45, 7) is 5.28. The van der Waals surface area contributed by atoms with Gasteiger partial charge in [-0.2, -0.15) is 18.2 Å². The predicted octanol–water partition coefficient (Wildman–Crippen LogP) is 2.48. The lowest BCUT2D eigenvalue weighted by Crippen LogP contribution is -2.24. The van der Waals surface area contributed by atoms with Crippen molar-refractivity contribution in [2.24, 2.45) is 10.2 Å². The SMILES string of the molecule is CCCc1c(C)nc(-n2[nH]c(C)c(N=Nc3ccc(S(=O)(=O)O)cc3)c2=O)[nH]c1=O. The molecule has 0 aliphatic rings. The number of benzene rings is 1. The summed E-state index contributed by atoms with van der Waals surface area (Å²) in [7, 11) is -4.31. The molecule has 0 aliphatic carbocycles. The zero-order chi connectivity index (χ0) is 22.1. The molecule has 0 spiro atoms. The maximum absolute atomic E-state index is 12.7. The second-order valence-electron chi connectivity index (χ2n) is 6.60. The van der Waals surface area contributed by atoms with E-state index in [2.05, 4.69) is 25.3 Å². The van der Waals surface area contributed by atoms with Gasteiger partial charge in [-0.25, -0.2) is 4.98 Å². The molecule has 2 heterocycles. The zero-order valence-corrected chi connectivity index (χ0v) is 17.3. The van der Waals surface area contributed by atoms with Crippen LogP contribution in [0.2, 0.25) is 0 Å². The first-order valence-electron chi connectivity index (χ1n) is 9.03. The Labute approximate surface area is 171 Å². The van der Waals surface area contributed by atoms with Crippen molar-refractivity contribution in [2.45, 2.75) is 38.5 Å². The quantitative estimate of drug-likeness (QED) is 0.400. The van der Waals surface area contributed by atoms with Gasteiger partial charge in [0, 0.05) is 5.56 Å². The van der Waals surface area contributed by atoms with Crippen LogP contribution in [-0.2, 0) is 16.5 Å². The van der Waals surface area contributed by atoms with Gasteiger partial charge in [-0.1, -0.05) is 13.3 Å². The van der Waals surface area contributed by atoms with Gasteiger partial charge in [-0.15, -0.1) is 5.11 Å². The summed E-state index contributed by atoms with van der Waals surface area (Å²) >= 11 is 0. The maximum atomic E-state index is 12.7. The number of rotatable bonds is 6. The molecular weight excluding hydrogens is 412 g/mol. The van der Waals surface area contributed by atoms with E-state index in [1.54, 1.807) is 13.8 Å². The van der Waals surface area contributed by atoms with Crippen LogP contribution in [0, 0.1) is 13.8 Å². The number of nitrogens with one attached hydrogen (secondary N) is 2. The molecule has 1 aromatic carbocycles. The Hall–Kier alpha value is -3.38. The fourth-order valence-electron chi connectivity index (χ4n) is 2.84. The Morgan fingerprint density at radius 1 is 1.13 bits per heavy atom. The number of H-pyrrole nitrogens is 2. The molecule has 0 saturated heterocycles. The van der Waals surface area contributed by atoms with E-state index in [1.165, 1.54) is 24.3 Å². The van der Waals surface area contributed by atoms with Crippen molar-refractivity contribution in [3.63, 3.8) is 0 Å². The van der Waals surface area contributed by atoms with Crippen LogP contribution in [0.1, 0.15) is 30.3 Å². The maximum Gasteiger partial charge on any atom is 0.301 e. The molecule has 11 nitrogen and oxygen atoms in total. The van der Waals surface area contributed by atoms with Gasteiger partial charge in [-0.3, -0.25) is 24.2 Å². The number of azo groups is 1. The number of aromatic amines is 2. The van der Waals surface area contributed by atoms with Crippen LogP contribution in [0.25, 0.3) is 5.95 Å². The third kappa shape index (κ3) is 4.28. The Balaban J connectivity index is 1.96.